The molecule has 0 unspecified atom stereocenters. The summed E-state index contributed by atoms with van der Waals surface area (Å²) in [5.74, 6) is 0.370. The third kappa shape index (κ3) is 14.1. The number of benzene rings is 1. The van der Waals surface area contributed by atoms with E-state index in [0.29, 0.717) is 5.75 Å². The molecule has 1 aromatic carbocycles. The molecule has 0 aliphatic rings. The predicted molar refractivity (Wildman–Crippen MR) is 105 cm³/mol. The minimum atomic E-state index is 0. The van der Waals surface area contributed by atoms with Crippen LogP contribution in [0.4, 0.5) is 0 Å². The van der Waals surface area contributed by atoms with Gasteiger partial charge in [0, 0.05) is 0 Å². The van der Waals surface area contributed by atoms with Crippen molar-refractivity contribution in [3.8, 4) is 5.75 Å². The van der Waals surface area contributed by atoms with E-state index in [2.05, 4.69) is 6.92 Å². The van der Waals surface area contributed by atoms with Crippen molar-refractivity contribution in [1.82, 2.24) is 0 Å². The average Bonchev–Trinajstić information content (AvgIpc) is 2.53. The Bertz CT molecular complexity index is 347. The summed E-state index contributed by atoms with van der Waals surface area (Å²) >= 11 is 0. The van der Waals surface area contributed by atoms with Gasteiger partial charge in [-0.15, -0.1) is 0 Å². The third-order valence-electron chi connectivity index (χ3n) is 4.51. The van der Waals surface area contributed by atoms with Crippen LogP contribution in [0.1, 0.15) is 96.0 Å². The molecule has 128 valence electrons. The van der Waals surface area contributed by atoms with Crippen molar-refractivity contribution in [2.45, 2.75) is 96.8 Å². The second-order valence-electron chi connectivity index (χ2n) is 6.66. The van der Waals surface area contributed by atoms with Crippen molar-refractivity contribution >= 4 is 29.6 Å². The molecule has 0 heterocycles. The third-order valence-corrected chi connectivity index (χ3v) is 4.51. The second-order valence-corrected chi connectivity index (χ2v) is 6.66. The molecule has 1 nitrogen and oxygen atoms in total. The summed E-state index contributed by atoms with van der Waals surface area (Å²) in [6.45, 7) is 2.28. The zero-order chi connectivity index (χ0) is 15.9. The molecule has 0 atom stereocenters. The molecule has 1 N–H and O–H groups in total. The Morgan fingerprint density at radius 1 is 0.609 bits per heavy atom. The van der Waals surface area contributed by atoms with E-state index in [-0.39, 0.29) is 29.6 Å². The first-order valence-electron chi connectivity index (χ1n) is 9.61. The first-order chi connectivity index (χ1) is 10.8. The number of hydrogen-bond donors (Lipinski definition) is 1. The van der Waals surface area contributed by atoms with Crippen molar-refractivity contribution in [3.05, 3.63) is 29.8 Å². The van der Waals surface area contributed by atoms with Gasteiger partial charge in [-0.3, -0.25) is 0 Å². The number of hydrogen-bond acceptors (Lipinski definition) is 1. The van der Waals surface area contributed by atoms with Crippen molar-refractivity contribution in [1.29, 1.82) is 0 Å². The van der Waals surface area contributed by atoms with Crippen LogP contribution in [0, 0.1) is 0 Å². The van der Waals surface area contributed by atoms with E-state index in [9.17, 15) is 5.11 Å². The van der Waals surface area contributed by atoms with E-state index in [1.807, 2.05) is 12.1 Å². The molecule has 1 aromatic rings. The van der Waals surface area contributed by atoms with E-state index in [1.54, 1.807) is 12.1 Å². The van der Waals surface area contributed by atoms with Crippen LogP contribution in [-0.2, 0) is 6.42 Å². The van der Waals surface area contributed by atoms with E-state index < -0.39 is 0 Å². The summed E-state index contributed by atoms with van der Waals surface area (Å²) in [6, 6.07) is 7.65. The maximum atomic E-state index is 9.24. The molecular weight excluding hydrogens is 291 g/mol. The van der Waals surface area contributed by atoms with Crippen LogP contribution >= 0.6 is 0 Å². The molecule has 1 rings (SSSR count). The Labute approximate surface area is 166 Å². The van der Waals surface area contributed by atoms with Gasteiger partial charge in [-0.1, -0.05) is 96.1 Å². The first kappa shape index (κ1) is 23.0. The van der Waals surface area contributed by atoms with Crippen molar-refractivity contribution in [2.24, 2.45) is 0 Å². The zero-order valence-electron chi connectivity index (χ0n) is 14.7. The molecule has 0 aliphatic heterocycles. The molecule has 0 saturated carbocycles. The van der Waals surface area contributed by atoms with Gasteiger partial charge in [-0.25, -0.2) is 0 Å². The molecule has 0 spiro atoms. The van der Waals surface area contributed by atoms with E-state index >= 15 is 0 Å². The fraction of sp³-hybridized carbons (Fsp3) is 0.714. The van der Waals surface area contributed by atoms with Gasteiger partial charge >= 0.3 is 29.6 Å². The number of aryl methyl sites for hydroxylation is 1. The Kier molecular flexibility index (Phi) is 16.9. The van der Waals surface area contributed by atoms with Gasteiger partial charge in [0.05, 0.1) is 0 Å². The van der Waals surface area contributed by atoms with Crippen LogP contribution in [0.5, 0.6) is 5.75 Å². The molecule has 0 aromatic heterocycles. The van der Waals surface area contributed by atoms with Crippen molar-refractivity contribution in [3.63, 3.8) is 0 Å². The van der Waals surface area contributed by atoms with E-state index in [4.69, 9.17) is 0 Å². The van der Waals surface area contributed by atoms with Gasteiger partial charge in [-0.2, -0.15) is 0 Å². The summed E-state index contributed by atoms with van der Waals surface area (Å²) < 4.78 is 0. The summed E-state index contributed by atoms with van der Waals surface area (Å²) in [4.78, 5) is 0. The fourth-order valence-electron chi connectivity index (χ4n) is 3.01. The van der Waals surface area contributed by atoms with Crippen LogP contribution in [0.15, 0.2) is 24.3 Å². The Morgan fingerprint density at radius 2 is 1.00 bits per heavy atom. The summed E-state index contributed by atoms with van der Waals surface area (Å²) in [7, 11) is 0. The van der Waals surface area contributed by atoms with Crippen molar-refractivity contribution < 1.29 is 5.11 Å². The monoisotopic (exact) mass is 328 g/mol. The zero-order valence-corrected chi connectivity index (χ0v) is 14.7. The van der Waals surface area contributed by atoms with Crippen LogP contribution in [0.2, 0.25) is 0 Å². The maximum absolute atomic E-state index is 9.24. The van der Waals surface area contributed by atoms with Gasteiger partial charge in [0.15, 0.2) is 0 Å². The van der Waals surface area contributed by atoms with Crippen LogP contribution < -0.4 is 0 Å². The molecule has 2 heteroatoms. The molecule has 0 amide bonds. The van der Waals surface area contributed by atoms with E-state index in [0.717, 1.165) is 6.42 Å². The number of phenolic OH excluding ortho intramolecular Hbond substituents is 1. The quantitative estimate of drug-likeness (QED) is 0.310. The standard InChI is InChI=1S/C21H36O.Na.H/c1-2-3-4-5-6-7-8-9-10-11-12-13-14-15-20-16-18-21(22)19-17-20;;/h16-19,22H,2-15H2,1H3;;. The SMILES string of the molecule is CCCCCCCCCCCCCCCc1ccc(O)cc1.[NaH]. The van der Waals surface area contributed by atoms with Gasteiger partial charge < -0.3 is 5.11 Å². The Morgan fingerprint density at radius 3 is 1.43 bits per heavy atom. The Balaban J connectivity index is 0.00000484. The number of unbranched alkanes of at least 4 members (excludes halogenated alkanes) is 12. The van der Waals surface area contributed by atoms with Crippen LogP contribution in [0.25, 0.3) is 0 Å². The fourth-order valence-corrected chi connectivity index (χ4v) is 3.01. The van der Waals surface area contributed by atoms with Crippen LogP contribution in [0.3, 0.4) is 0 Å². The number of aromatic hydroxyl groups is 1. The number of phenols is 1. The van der Waals surface area contributed by atoms with Gasteiger partial charge in [0.2, 0.25) is 0 Å². The predicted octanol–water partition coefficient (Wildman–Crippen LogP) is 6.38. The van der Waals surface area contributed by atoms with Crippen molar-refractivity contribution in [2.75, 3.05) is 0 Å². The molecule has 23 heavy (non-hydrogen) atoms. The van der Waals surface area contributed by atoms with Gasteiger partial charge in [-0.05, 0) is 30.5 Å². The normalized spacial score (nSPS) is 10.5. The van der Waals surface area contributed by atoms with Crippen LogP contribution in [-0.4, -0.2) is 34.7 Å². The minimum absolute atomic E-state index is 0. The molecule has 0 aliphatic carbocycles. The van der Waals surface area contributed by atoms with Gasteiger partial charge in [0.25, 0.3) is 0 Å². The average molecular weight is 329 g/mol. The molecule has 0 fully saturated rings. The van der Waals surface area contributed by atoms with Gasteiger partial charge in [0.1, 0.15) is 5.75 Å². The number of rotatable bonds is 14. The summed E-state index contributed by atoms with van der Waals surface area (Å²) in [5, 5.41) is 9.24. The molecule has 0 radical (unpaired) electrons. The molecular formula is C21H37NaO. The first-order valence-corrected chi connectivity index (χ1v) is 9.61. The summed E-state index contributed by atoms with van der Waals surface area (Å²) in [6.07, 6.45) is 19.4. The second kappa shape index (κ2) is 16.9. The summed E-state index contributed by atoms with van der Waals surface area (Å²) in [5.41, 5.74) is 1.35. The molecule has 0 saturated heterocycles. The Hall–Kier alpha value is 0.0200. The molecule has 0 bridgehead atoms. The topological polar surface area (TPSA) is 20.2 Å². The van der Waals surface area contributed by atoms with E-state index in [1.165, 1.54) is 89.0 Å².